The maximum absolute atomic E-state index is 12.8. The molecule has 1 amide bonds. The van der Waals surface area contributed by atoms with E-state index in [9.17, 15) is 4.79 Å². The molecule has 1 aromatic heterocycles. The molecule has 1 N–H and O–H groups in total. The molecule has 2 fully saturated rings. The maximum atomic E-state index is 12.8. The summed E-state index contributed by atoms with van der Waals surface area (Å²) in [7, 11) is 1.86. The molecule has 2 heterocycles. The minimum absolute atomic E-state index is 0.0363. The molecule has 1 aliphatic carbocycles. The van der Waals surface area contributed by atoms with Gasteiger partial charge in [0.05, 0.1) is 18.3 Å². The van der Waals surface area contributed by atoms with Crippen molar-refractivity contribution in [1.29, 1.82) is 0 Å². The van der Waals surface area contributed by atoms with Crippen LogP contribution >= 0.6 is 0 Å². The Morgan fingerprint density at radius 2 is 2.17 bits per heavy atom. The first kappa shape index (κ1) is 17.4. The Morgan fingerprint density at radius 1 is 1.46 bits per heavy atom. The second-order valence-electron chi connectivity index (χ2n) is 7.50. The molecule has 2 atom stereocenters. The van der Waals surface area contributed by atoms with Crippen molar-refractivity contribution >= 4 is 5.91 Å². The quantitative estimate of drug-likeness (QED) is 0.882. The molecule has 0 aromatic carbocycles. The zero-order valence-electron chi connectivity index (χ0n) is 15.2. The predicted octanol–water partition coefficient (Wildman–Crippen LogP) is 1.48. The molecule has 134 valence electrons. The highest BCUT2D eigenvalue weighted by Crippen LogP contribution is 2.45. The van der Waals surface area contributed by atoms with Crippen LogP contribution in [0.2, 0.25) is 0 Å². The lowest BCUT2D eigenvalue weighted by atomic mass is 9.63. The molecule has 0 spiro atoms. The van der Waals surface area contributed by atoms with Crippen LogP contribution in [0.15, 0.2) is 6.20 Å². The van der Waals surface area contributed by atoms with E-state index in [1.807, 2.05) is 23.6 Å². The highest BCUT2D eigenvalue weighted by Gasteiger charge is 2.52. The third kappa shape index (κ3) is 3.07. The minimum atomic E-state index is -0.0526. The van der Waals surface area contributed by atoms with E-state index in [1.165, 1.54) is 0 Å². The van der Waals surface area contributed by atoms with Gasteiger partial charge in [-0.3, -0.25) is 4.79 Å². The first-order valence-corrected chi connectivity index (χ1v) is 8.96. The number of nitrogens with zero attached hydrogens (tertiary/aromatic N) is 4. The molecule has 1 saturated carbocycles. The fourth-order valence-electron chi connectivity index (χ4n) is 3.95. The van der Waals surface area contributed by atoms with Gasteiger partial charge in [0, 0.05) is 25.1 Å². The number of amides is 1. The lowest BCUT2D eigenvalue weighted by Crippen LogP contribution is -2.62. The summed E-state index contributed by atoms with van der Waals surface area (Å²) in [4.78, 5) is 14.6. The Labute approximate surface area is 143 Å². The van der Waals surface area contributed by atoms with Gasteiger partial charge in [0.15, 0.2) is 5.69 Å². The summed E-state index contributed by atoms with van der Waals surface area (Å²) in [6.07, 6.45) is 4.96. The van der Waals surface area contributed by atoms with Crippen LogP contribution in [0.25, 0.3) is 0 Å². The van der Waals surface area contributed by atoms with E-state index < -0.39 is 0 Å². The predicted molar refractivity (Wildman–Crippen MR) is 90.9 cm³/mol. The number of piperidine rings is 1. The van der Waals surface area contributed by atoms with Crippen molar-refractivity contribution < 1.29 is 9.53 Å². The van der Waals surface area contributed by atoms with Crippen molar-refractivity contribution in [3.05, 3.63) is 11.9 Å². The van der Waals surface area contributed by atoms with E-state index in [0.717, 1.165) is 32.4 Å². The lowest BCUT2D eigenvalue weighted by Gasteiger charge is -2.54. The lowest BCUT2D eigenvalue weighted by molar-refractivity contribution is -0.136. The molecule has 24 heavy (non-hydrogen) atoms. The van der Waals surface area contributed by atoms with Gasteiger partial charge in [-0.15, -0.1) is 5.10 Å². The number of hydrogen-bond donors (Lipinski definition) is 1. The van der Waals surface area contributed by atoms with Crippen LogP contribution in [-0.2, 0) is 4.74 Å². The van der Waals surface area contributed by atoms with Crippen molar-refractivity contribution in [2.45, 2.75) is 58.2 Å². The maximum Gasteiger partial charge on any atom is 0.276 e. The summed E-state index contributed by atoms with van der Waals surface area (Å²) >= 11 is 0. The first-order valence-electron chi connectivity index (χ1n) is 8.96. The molecule has 0 radical (unpaired) electrons. The third-order valence-electron chi connectivity index (χ3n) is 5.69. The van der Waals surface area contributed by atoms with Crippen molar-refractivity contribution in [3.63, 3.8) is 0 Å². The molecule has 1 aliphatic heterocycles. The van der Waals surface area contributed by atoms with Crippen LogP contribution in [-0.4, -0.2) is 64.7 Å². The average molecular weight is 335 g/mol. The second-order valence-corrected chi connectivity index (χ2v) is 7.50. The van der Waals surface area contributed by atoms with Crippen LogP contribution in [0.4, 0.5) is 0 Å². The van der Waals surface area contributed by atoms with Gasteiger partial charge in [0.1, 0.15) is 0 Å². The highest BCUT2D eigenvalue weighted by molar-refractivity contribution is 5.92. The highest BCUT2D eigenvalue weighted by atomic mass is 16.5. The molecule has 1 saturated heterocycles. The van der Waals surface area contributed by atoms with Crippen molar-refractivity contribution in [3.8, 4) is 0 Å². The zero-order valence-corrected chi connectivity index (χ0v) is 15.2. The van der Waals surface area contributed by atoms with E-state index in [4.69, 9.17) is 4.74 Å². The fourth-order valence-corrected chi connectivity index (χ4v) is 3.95. The average Bonchev–Trinajstić information content (AvgIpc) is 3.08. The molecule has 1 aromatic rings. The van der Waals surface area contributed by atoms with Crippen LogP contribution in [0.3, 0.4) is 0 Å². The van der Waals surface area contributed by atoms with E-state index in [1.54, 1.807) is 6.20 Å². The summed E-state index contributed by atoms with van der Waals surface area (Å²) in [6.45, 7) is 9.03. The number of hydrogen-bond acceptors (Lipinski definition) is 5. The van der Waals surface area contributed by atoms with Gasteiger partial charge in [-0.05, 0) is 39.3 Å². The number of nitrogens with one attached hydrogen (secondary N) is 1. The SMILES string of the molecule is CCOC1CC(N(C)C(=O)c2cn(C3CCNCC3)nn2)C1(C)C. The summed E-state index contributed by atoms with van der Waals surface area (Å²) < 4.78 is 7.62. The summed E-state index contributed by atoms with van der Waals surface area (Å²) in [5.41, 5.74) is 0.400. The molecule has 2 aliphatic rings. The van der Waals surface area contributed by atoms with E-state index >= 15 is 0 Å². The fraction of sp³-hybridized carbons (Fsp3) is 0.824. The Bertz CT molecular complexity index is 579. The van der Waals surface area contributed by atoms with E-state index in [2.05, 4.69) is 29.5 Å². The molecular formula is C17H29N5O2. The second kappa shape index (κ2) is 6.80. The van der Waals surface area contributed by atoms with E-state index in [0.29, 0.717) is 18.3 Å². The van der Waals surface area contributed by atoms with Gasteiger partial charge in [-0.25, -0.2) is 4.68 Å². The van der Waals surface area contributed by atoms with Crippen LogP contribution < -0.4 is 5.32 Å². The summed E-state index contributed by atoms with van der Waals surface area (Å²) in [6, 6.07) is 0.513. The van der Waals surface area contributed by atoms with Gasteiger partial charge in [-0.1, -0.05) is 19.1 Å². The van der Waals surface area contributed by atoms with Gasteiger partial charge in [0.25, 0.3) is 5.91 Å². The summed E-state index contributed by atoms with van der Waals surface area (Å²) in [5.74, 6) is -0.0526. The molecule has 2 unspecified atom stereocenters. The van der Waals surface area contributed by atoms with Crippen molar-refractivity contribution in [1.82, 2.24) is 25.2 Å². The number of rotatable bonds is 5. The van der Waals surface area contributed by atoms with Gasteiger partial charge >= 0.3 is 0 Å². The number of carbonyl (C=O) groups excluding carboxylic acids is 1. The number of carbonyl (C=O) groups is 1. The Balaban J connectivity index is 1.65. The molecule has 7 nitrogen and oxygen atoms in total. The number of ether oxygens (including phenoxy) is 1. The third-order valence-corrected chi connectivity index (χ3v) is 5.69. The minimum Gasteiger partial charge on any atom is -0.378 e. The standard InChI is InChI=1S/C17H29N5O2/c1-5-24-15-10-14(17(15,2)3)21(4)16(23)13-11-22(20-19-13)12-6-8-18-9-7-12/h11-12,14-15,18H,5-10H2,1-4H3. The normalized spacial score (nSPS) is 26.8. The molecule has 0 bridgehead atoms. The van der Waals surface area contributed by atoms with Crippen molar-refractivity contribution in [2.24, 2.45) is 5.41 Å². The molecular weight excluding hydrogens is 306 g/mol. The van der Waals surface area contributed by atoms with E-state index in [-0.39, 0.29) is 23.5 Å². The smallest absolute Gasteiger partial charge is 0.276 e. The topological polar surface area (TPSA) is 72.3 Å². The Hall–Kier alpha value is -1.47. The largest absolute Gasteiger partial charge is 0.378 e. The van der Waals surface area contributed by atoms with Crippen LogP contribution in [0.5, 0.6) is 0 Å². The molecule has 3 rings (SSSR count). The van der Waals surface area contributed by atoms with Crippen LogP contribution in [0, 0.1) is 5.41 Å². The zero-order chi connectivity index (χ0) is 17.3. The van der Waals surface area contributed by atoms with Crippen LogP contribution in [0.1, 0.15) is 56.6 Å². The van der Waals surface area contributed by atoms with Gasteiger partial charge in [-0.2, -0.15) is 0 Å². The van der Waals surface area contributed by atoms with Gasteiger partial charge in [0.2, 0.25) is 0 Å². The monoisotopic (exact) mass is 335 g/mol. The van der Waals surface area contributed by atoms with Gasteiger partial charge < -0.3 is 15.0 Å². The number of aromatic nitrogens is 3. The Morgan fingerprint density at radius 3 is 2.79 bits per heavy atom. The molecule has 7 heteroatoms. The Kier molecular flexibility index (Phi) is 4.92. The summed E-state index contributed by atoms with van der Waals surface area (Å²) in [5, 5.41) is 11.7. The first-order chi connectivity index (χ1) is 11.4. The van der Waals surface area contributed by atoms with Crippen molar-refractivity contribution in [2.75, 3.05) is 26.7 Å².